The first kappa shape index (κ1) is 20.2. The van der Waals surface area contributed by atoms with E-state index in [-0.39, 0.29) is 5.04 Å². The minimum Gasteiger partial charge on any atom is -0.406 e. The maximum atomic E-state index is 11.5. The van der Waals surface area contributed by atoms with Gasteiger partial charge in [0.15, 0.2) is 0 Å². The molecule has 0 saturated heterocycles. The highest BCUT2D eigenvalue weighted by molar-refractivity contribution is 6.99. The summed E-state index contributed by atoms with van der Waals surface area (Å²) in [5.74, 6) is 0. The molecule has 0 fully saturated rings. The Balaban J connectivity index is 2.36. The first-order valence-electron chi connectivity index (χ1n) is 8.74. The second-order valence-corrected chi connectivity index (χ2v) is 11.6. The summed E-state index contributed by atoms with van der Waals surface area (Å²) in [6.45, 7) is 7.32. The van der Waals surface area contributed by atoms with Gasteiger partial charge in [-0.05, 0) is 15.4 Å². The van der Waals surface area contributed by atoms with Crippen LogP contribution >= 0.6 is 0 Å². The number of amides is 2. The highest BCUT2D eigenvalue weighted by atomic mass is 28.4. The molecule has 2 rings (SSSR count). The molecule has 0 atom stereocenters. The molecule has 2 N–H and O–H groups in total. The summed E-state index contributed by atoms with van der Waals surface area (Å²) in [5.41, 5.74) is 0. The van der Waals surface area contributed by atoms with E-state index >= 15 is 0 Å². The molecular formula is C20H28N2O3Si. The van der Waals surface area contributed by atoms with E-state index in [1.165, 1.54) is 17.4 Å². The molecule has 26 heavy (non-hydrogen) atoms. The van der Waals surface area contributed by atoms with Gasteiger partial charge in [-0.1, -0.05) is 81.4 Å². The van der Waals surface area contributed by atoms with Gasteiger partial charge in [0.2, 0.25) is 0 Å². The quantitative estimate of drug-likeness (QED) is 0.355. The molecule has 2 aromatic carbocycles. The van der Waals surface area contributed by atoms with Gasteiger partial charge in [0, 0.05) is 13.6 Å². The summed E-state index contributed by atoms with van der Waals surface area (Å²) in [6.07, 6.45) is 0. The van der Waals surface area contributed by atoms with Gasteiger partial charge in [0.05, 0.1) is 6.61 Å². The molecule has 0 heterocycles. The predicted molar refractivity (Wildman–Crippen MR) is 107 cm³/mol. The zero-order chi connectivity index (χ0) is 19.2. The lowest BCUT2D eigenvalue weighted by molar-refractivity contribution is -0.0184. The normalized spacial score (nSPS) is 11.9. The Morgan fingerprint density at radius 2 is 1.50 bits per heavy atom. The Hall–Kier alpha value is -2.15. The lowest BCUT2D eigenvalue weighted by Gasteiger charge is -2.43. The molecule has 0 aliphatic carbocycles. The van der Waals surface area contributed by atoms with Crippen LogP contribution in [0.15, 0.2) is 60.7 Å². The fourth-order valence-electron chi connectivity index (χ4n) is 3.24. The number of hydrogen-bond donors (Lipinski definition) is 2. The minimum atomic E-state index is -2.58. The van der Waals surface area contributed by atoms with Gasteiger partial charge < -0.3 is 9.74 Å². The summed E-state index contributed by atoms with van der Waals surface area (Å²) in [5, 5.41) is 14.6. The molecule has 0 unspecified atom stereocenters. The number of urea groups is 1. The third-order valence-electron chi connectivity index (χ3n) is 4.41. The summed E-state index contributed by atoms with van der Waals surface area (Å²) >= 11 is 0. The summed E-state index contributed by atoms with van der Waals surface area (Å²) in [6, 6.07) is 20.1. The van der Waals surface area contributed by atoms with Crippen LogP contribution in [-0.2, 0) is 4.43 Å². The zero-order valence-electron chi connectivity index (χ0n) is 15.9. The topological polar surface area (TPSA) is 61.8 Å². The third-order valence-corrected chi connectivity index (χ3v) is 9.45. The fourth-order valence-corrected chi connectivity index (χ4v) is 7.80. The molecular weight excluding hydrogens is 344 g/mol. The Kier molecular flexibility index (Phi) is 6.58. The Morgan fingerprint density at radius 3 is 1.88 bits per heavy atom. The van der Waals surface area contributed by atoms with Crippen molar-refractivity contribution in [3.8, 4) is 0 Å². The average Bonchev–Trinajstić information content (AvgIpc) is 2.62. The van der Waals surface area contributed by atoms with Gasteiger partial charge in [0.25, 0.3) is 8.32 Å². The second-order valence-electron chi connectivity index (χ2n) is 7.27. The van der Waals surface area contributed by atoms with Crippen molar-refractivity contribution in [3.05, 3.63) is 60.7 Å². The highest BCUT2D eigenvalue weighted by Crippen LogP contribution is 2.36. The number of nitrogens with one attached hydrogen (secondary N) is 1. The first-order chi connectivity index (χ1) is 12.3. The van der Waals surface area contributed by atoms with Crippen molar-refractivity contribution in [2.24, 2.45) is 0 Å². The van der Waals surface area contributed by atoms with Crippen molar-refractivity contribution in [2.45, 2.75) is 25.8 Å². The number of benzene rings is 2. The van der Waals surface area contributed by atoms with E-state index in [1.54, 1.807) is 0 Å². The van der Waals surface area contributed by atoms with E-state index in [2.05, 4.69) is 50.4 Å². The molecule has 0 spiro atoms. The SMILES string of the molecule is CN(O)C(=O)NCCO[Si](c1ccccc1)(c1ccccc1)C(C)(C)C. The van der Waals surface area contributed by atoms with E-state index in [9.17, 15) is 4.79 Å². The highest BCUT2D eigenvalue weighted by Gasteiger charge is 2.49. The number of rotatable bonds is 6. The van der Waals surface area contributed by atoms with Crippen molar-refractivity contribution >= 4 is 24.7 Å². The molecule has 0 radical (unpaired) electrons. The molecule has 0 bridgehead atoms. The van der Waals surface area contributed by atoms with Gasteiger partial charge in [-0.15, -0.1) is 0 Å². The van der Waals surface area contributed by atoms with Crippen LogP contribution in [-0.4, -0.2) is 44.8 Å². The van der Waals surface area contributed by atoms with Crippen LogP contribution in [0.4, 0.5) is 4.79 Å². The van der Waals surface area contributed by atoms with E-state index in [0.29, 0.717) is 18.2 Å². The van der Waals surface area contributed by atoms with Crippen LogP contribution in [0.2, 0.25) is 5.04 Å². The molecule has 5 nitrogen and oxygen atoms in total. The van der Waals surface area contributed by atoms with Gasteiger partial charge in [-0.2, -0.15) is 0 Å². The number of carbonyl (C=O) groups is 1. The standard InChI is InChI=1S/C20H28N2O3Si/c1-20(2,3)26(17-11-7-5-8-12-17,18-13-9-6-10-14-18)25-16-15-21-19(23)22(4)24/h5-14,24H,15-16H2,1-4H3,(H,21,23). The van der Waals surface area contributed by atoms with Crippen molar-refractivity contribution in [3.63, 3.8) is 0 Å². The number of nitrogens with zero attached hydrogens (tertiary/aromatic N) is 1. The Morgan fingerprint density at radius 1 is 1.04 bits per heavy atom. The molecule has 0 aromatic heterocycles. The average molecular weight is 373 g/mol. The molecule has 2 aromatic rings. The predicted octanol–water partition coefficient (Wildman–Crippen LogP) is 2.59. The maximum absolute atomic E-state index is 11.5. The lowest BCUT2D eigenvalue weighted by atomic mass is 10.2. The van der Waals surface area contributed by atoms with Crippen molar-refractivity contribution in [1.29, 1.82) is 0 Å². The molecule has 0 aliphatic heterocycles. The van der Waals surface area contributed by atoms with Gasteiger partial charge in [0.1, 0.15) is 0 Å². The van der Waals surface area contributed by atoms with Gasteiger partial charge in [-0.25, -0.2) is 9.86 Å². The Bertz CT molecular complexity index is 661. The van der Waals surface area contributed by atoms with E-state index in [0.717, 1.165) is 0 Å². The van der Waals surface area contributed by atoms with Crippen LogP contribution in [0, 0.1) is 0 Å². The van der Waals surface area contributed by atoms with Crippen LogP contribution in [0.3, 0.4) is 0 Å². The zero-order valence-corrected chi connectivity index (χ0v) is 16.9. The molecule has 2 amide bonds. The maximum Gasteiger partial charge on any atom is 0.340 e. The lowest BCUT2D eigenvalue weighted by Crippen LogP contribution is -2.67. The molecule has 140 valence electrons. The van der Waals surface area contributed by atoms with E-state index < -0.39 is 14.3 Å². The Labute approximate surface area is 156 Å². The van der Waals surface area contributed by atoms with Gasteiger partial charge in [-0.3, -0.25) is 5.21 Å². The summed E-state index contributed by atoms with van der Waals surface area (Å²) in [4.78, 5) is 11.5. The van der Waals surface area contributed by atoms with Crippen molar-refractivity contribution in [1.82, 2.24) is 10.4 Å². The summed E-state index contributed by atoms with van der Waals surface area (Å²) < 4.78 is 6.62. The smallest absolute Gasteiger partial charge is 0.340 e. The largest absolute Gasteiger partial charge is 0.406 e. The van der Waals surface area contributed by atoms with Crippen LogP contribution in [0.25, 0.3) is 0 Å². The molecule has 0 saturated carbocycles. The van der Waals surface area contributed by atoms with Crippen molar-refractivity contribution < 1.29 is 14.4 Å². The fraction of sp³-hybridized carbons (Fsp3) is 0.350. The summed E-state index contributed by atoms with van der Waals surface area (Å²) in [7, 11) is -1.29. The number of hydrogen-bond acceptors (Lipinski definition) is 3. The van der Waals surface area contributed by atoms with Crippen LogP contribution < -0.4 is 15.7 Å². The minimum absolute atomic E-state index is 0.104. The number of hydroxylamine groups is 2. The molecule has 6 heteroatoms. The van der Waals surface area contributed by atoms with Crippen LogP contribution in [0.1, 0.15) is 20.8 Å². The van der Waals surface area contributed by atoms with Crippen LogP contribution in [0.5, 0.6) is 0 Å². The first-order valence-corrected chi connectivity index (χ1v) is 10.7. The second kappa shape index (κ2) is 8.49. The monoisotopic (exact) mass is 372 g/mol. The molecule has 0 aliphatic rings. The van der Waals surface area contributed by atoms with Gasteiger partial charge >= 0.3 is 6.03 Å². The van der Waals surface area contributed by atoms with Crippen molar-refractivity contribution in [2.75, 3.05) is 20.2 Å². The van der Waals surface area contributed by atoms with E-state index in [1.807, 2.05) is 36.4 Å². The third kappa shape index (κ3) is 4.33. The number of carbonyl (C=O) groups excluding carboxylic acids is 1. The van der Waals surface area contributed by atoms with E-state index in [4.69, 9.17) is 9.63 Å².